The second kappa shape index (κ2) is 15.1. The number of anilines is 1. The number of nitrogens with zero attached hydrogens (tertiary/aromatic N) is 8. The summed E-state index contributed by atoms with van der Waals surface area (Å²) in [5.74, 6) is -9.91. The van der Waals surface area contributed by atoms with Crippen molar-refractivity contribution in [1.29, 1.82) is 0 Å². The molecule has 2 aliphatic rings. The lowest BCUT2D eigenvalue weighted by Gasteiger charge is -2.24. The predicted molar refractivity (Wildman–Crippen MR) is 218 cm³/mol. The third-order valence-corrected chi connectivity index (χ3v) is 12.1. The summed E-state index contributed by atoms with van der Waals surface area (Å²) in [6, 6.07) is 7.69. The van der Waals surface area contributed by atoms with Crippen LogP contribution in [0.25, 0.3) is 38.8 Å². The zero-order valence-corrected chi connectivity index (χ0v) is 35.3. The van der Waals surface area contributed by atoms with Gasteiger partial charge in [-0.25, -0.2) is 45.3 Å². The number of sulfonamides is 1. The topological polar surface area (TPSA) is 172 Å². The van der Waals surface area contributed by atoms with E-state index in [-0.39, 0.29) is 84.5 Å². The van der Waals surface area contributed by atoms with Crippen LogP contribution in [-0.2, 0) is 40.8 Å². The first kappa shape index (κ1) is 42.9. The van der Waals surface area contributed by atoms with Gasteiger partial charge in [0.25, 0.3) is 17.9 Å². The van der Waals surface area contributed by atoms with Crippen LogP contribution in [0.15, 0.2) is 53.3 Å². The van der Waals surface area contributed by atoms with Crippen LogP contribution in [0.4, 0.5) is 36.6 Å². The summed E-state index contributed by atoms with van der Waals surface area (Å²) in [7, 11) is -2.52. The Balaban J connectivity index is 1.27. The molecule has 0 saturated heterocycles. The Kier molecular flexibility index (Phi) is 10.1. The molecule has 1 fully saturated rings. The molecular weight excluding hydrogens is 897 g/mol. The minimum absolute atomic E-state index is 0.00657. The van der Waals surface area contributed by atoms with E-state index in [1.807, 2.05) is 0 Å². The van der Waals surface area contributed by atoms with Crippen molar-refractivity contribution in [3.63, 3.8) is 0 Å². The van der Waals surface area contributed by atoms with E-state index < -0.39 is 93.5 Å². The number of fused-ring (bicyclic) bond motifs is 5. The van der Waals surface area contributed by atoms with Gasteiger partial charge in [-0.1, -0.05) is 17.7 Å². The molecule has 7 aromatic rings. The fourth-order valence-electron chi connectivity index (χ4n) is 8.62. The van der Waals surface area contributed by atoms with Crippen molar-refractivity contribution in [3.05, 3.63) is 121 Å². The standard InChI is InChI=1S/C41H32ClF7N10O4S/c1-16-32(45)33(51-17(2)50-16)19-5-6-22-26(12-19)53-39(59(40(22)61)28-8-7-25(42)31-35(28)57(3)55-38(31)56-64(4,62)63)27(11-18-9-20(43)13-21(44)10-18)52-29(60)15-58-36-30(34(54-58)37(46)47)23-14-24(23)41(36,48)49/h5-10,12-13,23-24,27,37H,11,14-15H2,1-4H3,(H,52,60)(H,55,56)/t23-,24+,27-/m0/s1. The van der Waals surface area contributed by atoms with E-state index in [4.69, 9.17) is 16.6 Å². The smallest absolute Gasteiger partial charge is 0.293 e. The van der Waals surface area contributed by atoms with Crippen LogP contribution in [0.1, 0.15) is 64.7 Å². The van der Waals surface area contributed by atoms with Crippen LogP contribution in [0, 0.1) is 37.2 Å². The number of halogens is 8. The largest absolute Gasteiger partial charge is 0.344 e. The van der Waals surface area contributed by atoms with Crippen LogP contribution in [0.2, 0.25) is 5.02 Å². The number of benzene rings is 3. The summed E-state index contributed by atoms with van der Waals surface area (Å²) in [6.07, 6.45) is -2.91. The Labute approximate surface area is 362 Å². The van der Waals surface area contributed by atoms with Crippen LogP contribution >= 0.6 is 11.6 Å². The van der Waals surface area contributed by atoms with E-state index in [2.05, 4.69) is 30.2 Å². The quantitative estimate of drug-likeness (QED) is 0.127. The minimum atomic E-state index is -3.95. The molecule has 1 amide bonds. The number of hydrogen-bond acceptors (Lipinski definition) is 9. The van der Waals surface area contributed by atoms with Gasteiger partial charge in [0, 0.05) is 36.6 Å². The van der Waals surface area contributed by atoms with Gasteiger partial charge < -0.3 is 5.32 Å². The summed E-state index contributed by atoms with van der Waals surface area (Å²) >= 11 is 6.62. The normalized spacial score (nSPS) is 17.0. The molecule has 332 valence electrons. The zero-order valence-electron chi connectivity index (χ0n) is 33.7. The summed E-state index contributed by atoms with van der Waals surface area (Å²) < 4.78 is 134. The highest BCUT2D eigenvalue weighted by Gasteiger charge is 2.67. The third kappa shape index (κ3) is 7.30. The molecule has 2 aliphatic carbocycles. The lowest BCUT2D eigenvalue weighted by atomic mass is 10.0. The van der Waals surface area contributed by atoms with Gasteiger partial charge in [0.05, 0.1) is 50.5 Å². The van der Waals surface area contributed by atoms with Crippen molar-refractivity contribution in [2.24, 2.45) is 13.0 Å². The van der Waals surface area contributed by atoms with Crippen molar-refractivity contribution in [2.75, 3.05) is 11.0 Å². The van der Waals surface area contributed by atoms with E-state index in [9.17, 15) is 30.8 Å². The first-order chi connectivity index (χ1) is 30.1. The van der Waals surface area contributed by atoms with E-state index in [1.165, 1.54) is 49.0 Å². The molecule has 3 atom stereocenters. The number of rotatable bonds is 11. The molecule has 0 spiro atoms. The van der Waals surface area contributed by atoms with Gasteiger partial charge in [0.1, 0.15) is 46.9 Å². The predicted octanol–water partition coefficient (Wildman–Crippen LogP) is 7.23. The Morgan fingerprint density at radius 1 is 1.00 bits per heavy atom. The van der Waals surface area contributed by atoms with Crippen LogP contribution < -0.4 is 15.6 Å². The molecule has 2 N–H and O–H groups in total. The molecule has 1 saturated carbocycles. The molecule has 0 bridgehead atoms. The number of carbonyl (C=O) groups is 1. The van der Waals surface area contributed by atoms with Gasteiger partial charge in [-0.2, -0.15) is 19.0 Å². The number of carbonyl (C=O) groups excluding carboxylic acids is 1. The third-order valence-electron chi connectivity index (χ3n) is 11.2. The van der Waals surface area contributed by atoms with Crippen molar-refractivity contribution in [1.82, 2.24) is 44.4 Å². The molecule has 3 aromatic carbocycles. The molecular formula is C41H32ClF7N10O4S. The first-order valence-electron chi connectivity index (χ1n) is 19.3. The maximum atomic E-state index is 15.5. The number of aryl methyl sites for hydroxylation is 3. The van der Waals surface area contributed by atoms with Crippen molar-refractivity contribution in [3.8, 4) is 16.9 Å². The van der Waals surface area contributed by atoms with E-state index in [0.29, 0.717) is 10.7 Å². The molecule has 64 heavy (non-hydrogen) atoms. The molecule has 9 rings (SSSR count). The molecule has 0 aliphatic heterocycles. The molecule has 23 heteroatoms. The Hall–Kier alpha value is -6.42. The highest BCUT2D eigenvalue weighted by Crippen LogP contribution is 2.68. The summed E-state index contributed by atoms with van der Waals surface area (Å²) in [4.78, 5) is 42.3. The first-order valence-corrected chi connectivity index (χ1v) is 21.6. The molecule has 14 nitrogen and oxygen atoms in total. The number of nitrogens with one attached hydrogen (secondary N) is 2. The van der Waals surface area contributed by atoms with Crippen molar-refractivity contribution in [2.45, 2.75) is 57.5 Å². The van der Waals surface area contributed by atoms with Crippen LogP contribution in [0.3, 0.4) is 0 Å². The Morgan fingerprint density at radius 2 is 1.72 bits per heavy atom. The molecule has 0 radical (unpaired) electrons. The Bertz CT molecular complexity index is 3300. The van der Waals surface area contributed by atoms with E-state index in [1.54, 1.807) is 6.92 Å². The summed E-state index contributed by atoms with van der Waals surface area (Å²) in [5, 5.41) is 10.6. The summed E-state index contributed by atoms with van der Waals surface area (Å²) in [5.41, 5.74) is -2.96. The number of alkyl halides is 4. The fourth-order valence-corrected chi connectivity index (χ4v) is 9.35. The van der Waals surface area contributed by atoms with Gasteiger partial charge in [-0.3, -0.25) is 28.2 Å². The number of amides is 1. The lowest BCUT2D eigenvalue weighted by Crippen LogP contribution is -2.38. The van der Waals surface area contributed by atoms with Gasteiger partial charge in [0.2, 0.25) is 15.9 Å². The van der Waals surface area contributed by atoms with Crippen molar-refractivity contribution < 1.29 is 43.9 Å². The molecule has 4 aromatic heterocycles. The van der Waals surface area contributed by atoms with Gasteiger partial charge >= 0.3 is 0 Å². The molecule has 0 unspecified atom stereocenters. The zero-order chi connectivity index (χ0) is 45.9. The lowest BCUT2D eigenvalue weighted by molar-refractivity contribution is -0.123. The maximum absolute atomic E-state index is 15.5. The second-order valence-electron chi connectivity index (χ2n) is 15.8. The summed E-state index contributed by atoms with van der Waals surface area (Å²) in [6.45, 7) is 1.95. The van der Waals surface area contributed by atoms with Gasteiger partial charge in [-0.05, 0) is 68.1 Å². The SMILES string of the molecule is Cc1nc(C)c(F)c(-c2ccc3c(=O)n(-c4ccc(Cl)c5c(NS(C)(=O)=O)nn(C)c45)c([C@H](Cc4cc(F)cc(F)c4)NC(=O)Cn4nc(C(F)F)c5c4C(F)(F)[C@@H]4C[C@H]54)nc3c2)n1. The fraction of sp³-hybridized carbons (Fsp3) is 0.293. The average Bonchev–Trinajstić information content (AvgIpc) is 3.74. The average molecular weight is 929 g/mol. The van der Waals surface area contributed by atoms with Crippen LogP contribution in [0.5, 0.6) is 0 Å². The maximum Gasteiger partial charge on any atom is 0.293 e. The number of aromatic nitrogens is 8. The minimum Gasteiger partial charge on any atom is -0.344 e. The Morgan fingerprint density at radius 3 is 2.41 bits per heavy atom. The van der Waals surface area contributed by atoms with Crippen molar-refractivity contribution >= 4 is 55.2 Å². The van der Waals surface area contributed by atoms with E-state index in [0.717, 1.165) is 23.0 Å². The van der Waals surface area contributed by atoms with Gasteiger partial charge in [-0.15, -0.1) is 0 Å². The highest BCUT2D eigenvalue weighted by molar-refractivity contribution is 7.92. The highest BCUT2D eigenvalue weighted by atomic mass is 35.5. The second-order valence-corrected chi connectivity index (χ2v) is 17.9. The monoisotopic (exact) mass is 928 g/mol. The number of hydrogen-bond donors (Lipinski definition) is 2. The van der Waals surface area contributed by atoms with E-state index >= 15 is 18.0 Å². The molecule has 4 heterocycles. The van der Waals surface area contributed by atoms with Gasteiger partial charge in [0.15, 0.2) is 11.6 Å². The van der Waals surface area contributed by atoms with Crippen LogP contribution in [-0.4, -0.2) is 59.7 Å².